The van der Waals surface area contributed by atoms with Crippen molar-refractivity contribution in [2.24, 2.45) is 0 Å². The zero-order valence-corrected chi connectivity index (χ0v) is 14.4. The van der Waals surface area contributed by atoms with Gasteiger partial charge in [-0.15, -0.1) is 0 Å². The first kappa shape index (κ1) is 17.9. The molecule has 2 aromatic rings. The van der Waals surface area contributed by atoms with Gasteiger partial charge in [-0.05, 0) is 6.92 Å². The molecule has 2 unspecified atom stereocenters. The number of hydrogen-bond donors (Lipinski definition) is 1. The highest BCUT2D eigenvalue weighted by atomic mass is 19.1. The summed E-state index contributed by atoms with van der Waals surface area (Å²) in [5, 5.41) is 6.37. The summed E-state index contributed by atoms with van der Waals surface area (Å²) in [5.74, 6) is 0.0397. The molecule has 26 heavy (non-hydrogen) atoms. The number of alkyl carbamates (subject to hydrolysis) is 1. The fourth-order valence-corrected chi connectivity index (χ4v) is 2.95. The number of carbonyl (C=O) groups is 2. The second-order valence-electron chi connectivity index (χ2n) is 5.99. The summed E-state index contributed by atoms with van der Waals surface area (Å²) in [6.07, 6.45) is -1.58. The number of aromatic nitrogens is 1. The van der Waals surface area contributed by atoms with Crippen LogP contribution < -0.4 is 5.32 Å². The Morgan fingerprint density at radius 2 is 2.15 bits per heavy atom. The van der Waals surface area contributed by atoms with Crippen LogP contribution in [0.25, 0.3) is 11.3 Å². The number of benzene rings is 1. The Morgan fingerprint density at radius 1 is 1.38 bits per heavy atom. The summed E-state index contributed by atoms with van der Waals surface area (Å²) in [7, 11) is 0. The predicted octanol–water partition coefficient (Wildman–Crippen LogP) is 2.64. The molecule has 0 aliphatic carbocycles. The Labute approximate surface area is 150 Å². The van der Waals surface area contributed by atoms with E-state index in [9.17, 15) is 14.0 Å². The zero-order valence-electron chi connectivity index (χ0n) is 14.4. The van der Waals surface area contributed by atoms with Gasteiger partial charge in [-0.2, -0.15) is 0 Å². The number of ether oxygens (including phenoxy) is 1. The molecule has 0 radical (unpaired) electrons. The van der Waals surface area contributed by atoms with Gasteiger partial charge in [0, 0.05) is 24.6 Å². The van der Waals surface area contributed by atoms with Crippen molar-refractivity contribution >= 4 is 12.0 Å². The van der Waals surface area contributed by atoms with E-state index in [-0.39, 0.29) is 31.8 Å². The first-order valence-electron chi connectivity index (χ1n) is 8.46. The van der Waals surface area contributed by atoms with E-state index >= 15 is 0 Å². The van der Waals surface area contributed by atoms with Crippen LogP contribution in [0.3, 0.4) is 0 Å². The number of amides is 2. The minimum absolute atomic E-state index is 0.0401. The van der Waals surface area contributed by atoms with Crippen molar-refractivity contribution in [3.63, 3.8) is 0 Å². The summed E-state index contributed by atoms with van der Waals surface area (Å²) in [6, 6.07) is 10.3. The maximum absolute atomic E-state index is 13.9. The summed E-state index contributed by atoms with van der Waals surface area (Å²) in [6.45, 7) is 2.01. The maximum atomic E-state index is 13.9. The number of hydrogen-bond acceptors (Lipinski definition) is 5. The van der Waals surface area contributed by atoms with Crippen LogP contribution in [-0.2, 0) is 4.74 Å². The van der Waals surface area contributed by atoms with E-state index in [1.54, 1.807) is 13.0 Å². The third-order valence-corrected chi connectivity index (χ3v) is 4.17. The smallest absolute Gasteiger partial charge is 0.407 e. The first-order chi connectivity index (χ1) is 12.6. The van der Waals surface area contributed by atoms with Gasteiger partial charge in [0.25, 0.3) is 5.91 Å². The number of rotatable bonds is 5. The number of nitrogens with zero attached hydrogens (tertiary/aromatic N) is 2. The lowest BCUT2D eigenvalue weighted by Gasteiger charge is -2.23. The van der Waals surface area contributed by atoms with Crippen molar-refractivity contribution in [2.75, 3.05) is 19.7 Å². The highest BCUT2D eigenvalue weighted by Crippen LogP contribution is 2.25. The van der Waals surface area contributed by atoms with Crippen molar-refractivity contribution in [3.05, 3.63) is 42.1 Å². The number of nitrogens with one attached hydrogen (secondary N) is 1. The van der Waals surface area contributed by atoms with Gasteiger partial charge in [-0.25, -0.2) is 9.18 Å². The average molecular weight is 361 g/mol. The van der Waals surface area contributed by atoms with Crippen LogP contribution in [0.5, 0.6) is 0 Å². The molecule has 3 rings (SSSR count). The van der Waals surface area contributed by atoms with Gasteiger partial charge in [0.05, 0.1) is 19.2 Å². The van der Waals surface area contributed by atoms with E-state index in [0.717, 1.165) is 5.56 Å². The Bertz CT molecular complexity index is 765. The van der Waals surface area contributed by atoms with Crippen molar-refractivity contribution in [1.29, 1.82) is 0 Å². The molecular formula is C18H20FN3O4. The molecule has 8 heteroatoms. The van der Waals surface area contributed by atoms with Crippen molar-refractivity contribution < 1.29 is 23.2 Å². The highest BCUT2D eigenvalue weighted by Gasteiger charge is 2.37. The number of halogens is 1. The average Bonchev–Trinajstić information content (AvgIpc) is 3.27. The quantitative estimate of drug-likeness (QED) is 0.885. The second-order valence-corrected chi connectivity index (χ2v) is 5.99. The topological polar surface area (TPSA) is 84.7 Å². The second kappa shape index (κ2) is 7.99. The van der Waals surface area contributed by atoms with Gasteiger partial charge >= 0.3 is 6.09 Å². The number of likely N-dealkylation sites (tertiary alicyclic amines) is 1. The van der Waals surface area contributed by atoms with Crippen LogP contribution in [0.2, 0.25) is 0 Å². The lowest BCUT2D eigenvalue weighted by molar-refractivity contribution is 0.0714. The molecule has 0 spiro atoms. The molecule has 0 saturated carbocycles. The normalized spacial score (nSPS) is 19.4. The lowest BCUT2D eigenvalue weighted by atomic mass is 10.1. The lowest BCUT2D eigenvalue weighted by Crippen LogP contribution is -2.43. The van der Waals surface area contributed by atoms with E-state index in [4.69, 9.17) is 9.26 Å². The summed E-state index contributed by atoms with van der Waals surface area (Å²) >= 11 is 0. The summed E-state index contributed by atoms with van der Waals surface area (Å²) < 4.78 is 23.9. The fourth-order valence-electron chi connectivity index (χ4n) is 2.95. The summed E-state index contributed by atoms with van der Waals surface area (Å²) in [4.78, 5) is 25.5. The molecule has 1 saturated heterocycles. The molecule has 7 nitrogen and oxygen atoms in total. The van der Waals surface area contributed by atoms with Gasteiger partial charge in [0.15, 0.2) is 11.5 Å². The standard InChI is InChI=1S/C18H20FN3O4/c1-2-25-18(24)20-10-14-8-13(19)11-22(14)17(23)15-9-16(26-21-15)12-6-4-3-5-7-12/h3-7,9,13-14H,2,8,10-11H2,1H3,(H,20,24). The van der Waals surface area contributed by atoms with E-state index in [0.29, 0.717) is 5.76 Å². The summed E-state index contributed by atoms with van der Waals surface area (Å²) in [5.41, 5.74) is 0.906. The zero-order chi connectivity index (χ0) is 18.5. The Hall–Kier alpha value is -2.90. The van der Waals surface area contributed by atoms with Gasteiger partial charge in [0.2, 0.25) is 0 Å². The Kier molecular flexibility index (Phi) is 5.50. The minimum Gasteiger partial charge on any atom is -0.450 e. The number of carbonyl (C=O) groups excluding carboxylic acids is 2. The van der Waals surface area contributed by atoms with E-state index in [2.05, 4.69) is 10.5 Å². The fraction of sp³-hybridized carbons (Fsp3) is 0.389. The minimum atomic E-state index is -1.14. The molecular weight excluding hydrogens is 341 g/mol. The largest absolute Gasteiger partial charge is 0.450 e. The SMILES string of the molecule is CCOC(=O)NCC1CC(F)CN1C(=O)c1cc(-c2ccccc2)on1. The molecule has 2 amide bonds. The van der Waals surface area contributed by atoms with Gasteiger partial charge in [0.1, 0.15) is 6.17 Å². The van der Waals surface area contributed by atoms with Crippen molar-refractivity contribution in [2.45, 2.75) is 25.6 Å². The maximum Gasteiger partial charge on any atom is 0.407 e. The molecule has 0 bridgehead atoms. The van der Waals surface area contributed by atoms with Gasteiger partial charge < -0.3 is 19.5 Å². The Balaban J connectivity index is 1.69. The van der Waals surface area contributed by atoms with E-state index < -0.39 is 24.2 Å². The molecule has 1 fully saturated rings. The molecule has 138 valence electrons. The molecule has 1 aliphatic rings. The molecule has 1 aromatic heterocycles. The van der Waals surface area contributed by atoms with Crippen LogP contribution in [0.4, 0.5) is 9.18 Å². The van der Waals surface area contributed by atoms with Crippen LogP contribution in [0.15, 0.2) is 40.9 Å². The molecule has 2 heterocycles. The van der Waals surface area contributed by atoms with Crippen molar-refractivity contribution in [1.82, 2.24) is 15.4 Å². The van der Waals surface area contributed by atoms with E-state index in [1.165, 1.54) is 4.90 Å². The predicted molar refractivity (Wildman–Crippen MR) is 91.3 cm³/mol. The molecule has 1 aliphatic heterocycles. The van der Waals surface area contributed by atoms with Crippen LogP contribution in [0, 0.1) is 0 Å². The van der Waals surface area contributed by atoms with E-state index in [1.807, 2.05) is 30.3 Å². The van der Waals surface area contributed by atoms with Gasteiger partial charge in [-0.3, -0.25) is 4.79 Å². The van der Waals surface area contributed by atoms with Gasteiger partial charge in [-0.1, -0.05) is 35.5 Å². The third kappa shape index (κ3) is 4.01. The molecule has 2 atom stereocenters. The Morgan fingerprint density at radius 3 is 2.88 bits per heavy atom. The van der Waals surface area contributed by atoms with Crippen LogP contribution in [0.1, 0.15) is 23.8 Å². The van der Waals surface area contributed by atoms with Crippen molar-refractivity contribution in [3.8, 4) is 11.3 Å². The monoisotopic (exact) mass is 361 g/mol. The highest BCUT2D eigenvalue weighted by molar-refractivity contribution is 5.93. The van der Waals surface area contributed by atoms with Crippen LogP contribution >= 0.6 is 0 Å². The molecule has 1 aromatic carbocycles. The first-order valence-corrected chi connectivity index (χ1v) is 8.46. The molecule has 1 N–H and O–H groups in total. The number of alkyl halides is 1. The third-order valence-electron chi connectivity index (χ3n) is 4.17. The van der Waals surface area contributed by atoms with Crippen LogP contribution in [-0.4, -0.2) is 54.0 Å².